The number of hydrogen-bond acceptors (Lipinski definition) is 7. The lowest BCUT2D eigenvalue weighted by atomic mass is 10.2. The predicted molar refractivity (Wildman–Crippen MR) is 95.7 cm³/mol. The number of nitrogen functional groups attached to an aromatic ring is 1. The van der Waals surface area contributed by atoms with E-state index in [0.717, 1.165) is 11.8 Å². The van der Waals surface area contributed by atoms with Gasteiger partial charge in [-0.1, -0.05) is 11.8 Å². The number of methoxy groups -OCH3 is 2. The second-order valence-corrected chi connectivity index (χ2v) is 5.95. The fourth-order valence-electron chi connectivity index (χ4n) is 2.06. The van der Waals surface area contributed by atoms with Crippen LogP contribution in [0, 0.1) is 22.7 Å². The topological polar surface area (TPSA) is 135 Å². The lowest BCUT2D eigenvalue weighted by molar-refractivity contribution is -0.410. The Hall–Kier alpha value is -3.43. The highest BCUT2D eigenvalue weighted by Crippen LogP contribution is 2.29. The van der Waals surface area contributed by atoms with Gasteiger partial charge in [-0.15, -0.1) is 0 Å². The standard InChI is InChI=1S/C17H15N5O3S/c1-24-12-3-4-13(14(6-12)25-2)21-15(23)9-26-17-11(8-19)5-10(7-18)16(20)22-17/h3-6H,9H2,1-2H3,(H2,20,22)(H,21,23)/p+1. The summed E-state index contributed by atoms with van der Waals surface area (Å²) < 4.78 is 10.3. The van der Waals surface area contributed by atoms with Gasteiger partial charge in [0.2, 0.25) is 5.91 Å². The van der Waals surface area contributed by atoms with E-state index in [1.165, 1.54) is 20.3 Å². The number of nitrogens with one attached hydrogen (secondary N) is 2. The first-order valence-corrected chi connectivity index (χ1v) is 8.31. The number of rotatable bonds is 6. The number of nitrogens with two attached hydrogens (primary N) is 1. The van der Waals surface area contributed by atoms with Crippen molar-refractivity contribution in [1.82, 2.24) is 0 Å². The molecule has 0 bridgehead atoms. The fraction of sp³-hybridized carbons (Fsp3) is 0.176. The molecular weight excluding hydrogens is 354 g/mol. The van der Waals surface area contributed by atoms with Gasteiger partial charge in [0.15, 0.2) is 5.03 Å². The largest absolute Gasteiger partial charge is 0.497 e. The molecule has 132 valence electrons. The first kappa shape index (κ1) is 18.9. The van der Waals surface area contributed by atoms with Crippen LogP contribution in [0.1, 0.15) is 11.1 Å². The number of thioether (sulfide) groups is 1. The van der Waals surface area contributed by atoms with Crippen molar-refractivity contribution in [2.24, 2.45) is 0 Å². The Kier molecular flexibility index (Phi) is 6.25. The van der Waals surface area contributed by atoms with Gasteiger partial charge in [0.1, 0.15) is 34.8 Å². The highest BCUT2D eigenvalue weighted by Gasteiger charge is 2.16. The number of carbonyl (C=O) groups excluding carboxylic acids is 1. The van der Waals surface area contributed by atoms with Crippen molar-refractivity contribution in [2.45, 2.75) is 5.03 Å². The molecule has 0 spiro atoms. The minimum atomic E-state index is -0.293. The minimum Gasteiger partial charge on any atom is -0.497 e. The van der Waals surface area contributed by atoms with Gasteiger partial charge in [0.25, 0.3) is 5.82 Å². The number of benzene rings is 1. The molecule has 0 aliphatic heterocycles. The summed E-state index contributed by atoms with van der Waals surface area (Å²) in [4.78, 5) is 15.0. The van der Waals surface area contributed by atoms with Gasteiger partial charge in [-0.05, 0) is 18.2 Å². The van der Waals surface area contributed by atoms with E-state index >= 15 is 0 Å². The normalized spacial score (nSPS) is 9.69. The molecular formula is C17H16N5O3S+. The predicted octanol–water partition coefficient (Wildman–Crippen LogP) is 1.57. The number of H-pyrrole nitrogens is 1. The molecule has 2 rings (SSSR count). The van der Waals surface area contributed by atoms with Crippen LogP contribution in [0.3, 0.4) is 0 Å². The van der Waals surface area contributed by atoms with Gasteiger partial charge >= 0.3 is 0 Å². The average molecular weight is 370 g/mol. The molecule has 0 saturated heterocycles. The SMILES string of the molecule is COc1ccc(NC(=O)CSc2[nH+]c(N)c(C#N)cc2C#N)c(OC)c1. The molecule has 26 heavy (non-hydrogen) atoms. The molecule has 0 aliphatic carbocycles. The Morgan fingerprint density at radius 1 is 1.23 bits per heavy atom. The molecule has 0 aliphatic rings. The van der Waals surface area contributed by atoms with Gasteiger partial charge in [0, 0.05) is 6.07 Å². The van der Waals surface area contributed by atoms with Crippen LogP contribution in [0.25, 0.3) is 0 Å². The van der Waals surface area contributed by atoms with Crippen LogP contribution in [-0.4, -0.2) is 25.9 Å². The second-order valence-electron chi connectivity index (χ2n) is 4.97. The Balaban J connectivity index is 2.10. The molecule has 2 aromatic rings. The van der Waals surface area contributed by atoms with Crippen molar-refractivity contribution >= 4 is 29.2 Å². The van der Waals surface area contributed by atoms with E-state index in [-0.39, 0.29) is 28.6 Å². The van der Waals surface area contributed by atoms with E-state index in [1.807, 2.05) is 12.1 Å². The number of pyridine rings is 1. The van der Waals surface area contributed by atoms with Crippen LogP contribution in [0.2, 0.25) is 0 Å². The summed E-state index contributed by atoms with van der Waals surface area (Å²) in [5, 5.41) is 21.3. The summed E-state index contributed by atoms with van der Waals surface area (Å²) in [6.45, 7) is 0. The van der Waals surface area contributed by atoms with Crippen molar-refractivity contribution in [2.75, 3.05) is 31.0 Å². The maximum absolute atomic E-state index is 12.2. The molecule has 0 unspecified atom stereocenters. The number of amides is 1. The molecule has 4 N–H and O–H groups in total. The first-order chi connectivity index (χ1) is 12.5. The third-order valence-corrected chi connectivity index (χ3v) is 4.36. The van der Waals surface area contributed by atoms with Crippen LogP contribution >= 0.6 is 11.8 Å². The van der Waals surface area contributed by atoms with E-state index in [1.54, 1.807) is 18.2 Å². The van der Waals surface area contributed by atoms with Gasteiger partial charge in [-0.2, -0.15) is 10.5 Å². The maximum Gasteiger partial charge on any atom is 0.289 e. The zero-order chi connectivity index (χ0) is 19.1. The summed E-state index contributed by atoms with van der Waals surface area (Å²) in [7, 11) is 3.03. The molecule has 1 heterocycles. The number of nitrogens with zero attached hydrogens (tertiary/aromatic N) is 2. The molecule has 0 atom stereocenters. The van der Waals surface area contributed by atoms with Crippen LogP contribution in [0.4, 0.5) is 11.5 Å². The molecule has 1 aromatic carbocycles. The summed E-state index contributed by atoms with van der Waals surface area (Å²) in [6.07, 6.45) is 0. The van der Waals surface area contributed by atoms with Crippen molar-refractivity contribution < 1.29 is 19.3 Å². The molecule has 0 saturated carbocycles. The Labute approximate surface area is 154 Å². The molecule has 8 nitrogen and oxygen atoms in total. The van der Waals surface area contributed by atoms with Crippen LogP contribution < -0.4 is 25.5 Å². The maximum atomic E-state index is 12.2. The van der Waals surface area contributed by atoms with Crippen molar-refractivity contribution in [3.63, 3.8) is 0 Å². The summed E-state index contributed by atoms with van der Waals surface area (Å²) in [6, 6.07) is 10.3. The van der Waals surface area contributed by atoms with Crippen molar-refractivity contribution in [3.8, 4) is 23.6 Å². The van der Waals surface area contributed by atoms with Crippen molar-refractivity contribution in [1.29, 1.82) is 10.5 Å². The average Bonchev–Trinajstić information content (AvgIpc) is 2.66. The number of aromatic nitrogens is 1. The first-order valence-electron chi connectivity index (χ1n) is 7.33. The van der Waals surface area contributed by atoms with Crippen molar-refractivity contribution in [3.05, 3.63) is 35.4 Å². The third-order valence-electron chi connectivity index (χ3n) is 3.34. The van der Waals surface area contributed by atoms with E-state index in [0.29, 0.717) is 22.2 Å². The van der Waals surface area contributed by atoms with Crippen LogP contribution in [0.5, 0.6) is 11.5 Å². The molecule has 0 radical (unpaired) electrons. The Bertz CT molecular complexity index is 918. The second kappa shape index (κ2) is 8.60. The number of aromatic amines is 1. The Morgan fingerprint density at radius 3 is 2.58 bits per heavy atom. The van der Waals surface area contributed by atoms with Gasteiger partial charge in [-0.3, -0.25) is 10.5 Å². The highest BCUT2D eigenvalue weighted by atomic mass is 32.2. The third kappa shape index (κ3) is 4.35. The smallest absolute Gasteiger partial charge is 0.289 e. The monoisotopic (exact) mass is 370 g/mol. The van der Waals surface area contributed by atoms with E-state index in [4.69, 9.17) is 20.5 Å². The summed E-state index contributed by atoms with van der Waals surface area (Å²) >= 11 is 1.11. The van der Waals surface area contributed by atoms with E-state index in [2.05, 4.69) is 10.3 Å². The molecule has 9 heteroatoms. The lowest BCUT2D eigenvalue weighted by Gasteiger charge is -2.11. The zero-order valence-electron chi connectivity index (χ0n) is 14.1. The Morgan fingerprint density at radius 2 is 1.96 bits per heavy atom. The lowest BCUT2D eigenvalue weighted by Crippen LogP contribution is -2.19. The summed E-state index contributed by atoms with van der Waals surface area (Å²) in [5.41, 5.74) is 6.65. The fourth-order valence-corrected chi connectivity index (χ4v) is 2.85. The van der Waals surface area contributed by atoms with Gasteiger partial charge in [-0.25, -0.2) is 4.98 Å². The quantitative estimate of drug-likeness (QED) is 0.737. The zero-order valence-corrected chi connectivity index (χ0v) is 14.9. The minimum absolute atomic E-state index is 0.0334. The van der Waals surface area contributed by atoms with E-state index < -0.39 is 0 Å². The molecule has 1 aromatic heterocycles. The van der Waals surface area contributed by atoms with Gasteiger partial charge in [0.05, 0.1) is 25.7 Å². The number of carbonyl (C=O) groups is 1. The molecule has 0 fully saturated rings. The number of nitriles is 2. The highest BCUT2D eigenvalue weighted by molar-refractivity contribution is 7.99. The number of anilines is 2. The van der Waals surface area contributed by atoms with Crippen LogP contribution in [0.15, 0.2) is 29.3 Å². The van der Waals surface area contributed by atoms with Gasteiger partial charge < -0.3 is 14.8 Å². The summed E-state index contributed by atoms with van der Waals surface area (Å²) in [5.74, 6) is 0.959. The van der Waals surface area contributed by atoms with Crippen LogP contribution in [-0.2, 0) is 4.79 Å². The number of ether oxygens (including phenoxy) is 2. The van der Waals surface area contributed by atoms with E-state index in [9.17, 15) is 10.1 Å². The number of hydrogen-bond donors (Lipinski definition) is 2. The molecule has 1 amide bonds.